The number of carbonyl (C=O) groups is 2. The topological polar surface area (TPSA) is 61.9 Å². The number of benzene rings is 1. The molecule has 2 aliphatic heterocycles. The Morgan fingerprint density at radius 2 is 2.12 bits per heavy atom. The third-order valence-corrected chi connectivity index (χ3v) is 4.94. The molecule has 25 heavy (non-hydrogen) atoms. The predicted molar refractivity (Wildman–Crippen MR) is 96.6 cm³/mol. The van der Waals surface area contributed by atoms with Crippen LogP contribution in [0.25, 0.3) is 0 Å². The lowest BCUT2D eigenvalue weighted by molar-refractivity contribution is -0.134. The van der Waals surface area contributed by atoms with Gasteiger partial charge in [0.25, 0.3) is 0 Å². The van der Waals surface area contributed by atoms with E-state index in [-0.39, 0.29) is 24.4 Å². The summed E-state index contributed by atoms with van der Waals surface area (Å²) in [7, 11) is 0. The van der Waals surface area contributed by atoms with Gasteiger partial charge in [0.05, 0.1) is 19.8 Å². The van der Waals surface area contributed by atoms with Gasteiger partial charge in [0.15, 0.2) is 0 Å². The standard InChI is InChI=1S/C19H27N3O3/c1-2-3-9-21-11-12-25-14-17(21)19(24)20-13-18(23)22-10-8-15-6-4-5-7-16(15)22/h4-7,17H,2-3,8-14H2,1H3,(H,20,24). The lowest BCUT2D eigenvalue weighted by Crippen LogP contribution is -2.55. The molecule has 0 spiro atoms. The fourth-order valence-corrected chi connectivity index (χ4v) is 3.48. The highest BCUT2D eigenvalue weighted by Crippen LogP contribution is 2.27. The van der Waals surface area contributed by atoms with Crippen molar-refractivity contribution in [3.63, 3.8) is 0 Å². The van der Waals surface area contributed by atoms with E-state index >= 15 is 0 Å². The Hall–Kier alpha value is -1.92. The number of nitrogens with one attached hydrogen (secondary N) is 1. The summed E-state index contributed by atoms with van der Waals surface area (Å²) in [6.07, 6.45) is 3.03. The minimum atomic E-state index is -0.293. The molecule has 1 aromatic rings. The number of nitrogens with zero attached hydrogens (tertiary/aromatic N) is 2. The van der Waals surface area contributed by atoms with E-state index in [1.165, 1.54) is 5.56 Å². The average Bonchev–Trinajstić information content (AvgIpc) is 3.08. The molecular formula is C19H27N3O3. The third-order valence-electron chi connectivity index (χ3n) is 4.94. The monoisotopic (exact) mass is 345 g/mol. The second-order valence-corrected chi connectivity index (χ2v) is 6.62. The molecule has 1 unspecified atom stereocenters. The molecule has 1 fully saturated rings. The van der Waals surface area contributed by atoms with Crippen molar-refractivity contribution in [1.29, 1.82) is 0 Å². The van der Waals surface area contributed by atoms with E-state index in [1.807, 2.05) is 24.3 Å². The highest BCUT2D eigenvalue weighted by molar-refractivity contribution is 5.98. The molecular weight excluding hydrogens is 318 g/mol. The summed E-state index contributed by atoms with van der Waals surface area (Å²) in [4.78, 5) is 29.0. The summed E-state index contributed by atoms with van der Waals surface area (Å²) >= 11 is 0. The van der Waals surface area contributed by atoms with Crippen molar-refractivity contribution < 1.29 is 14.3 Å². The number of unbranched alkanes of at least 4 members (excludes halogenated alkanes) is 1. The van der Waals surface area contributed by atoms with Crippen LogP contribution in [0.3, 0.4) is 0 Å². The summed E-state index contributed by atoms with van der Waals surface area (Å²) in [5, 5.41) is 2.81. The van der Waals surface area contributed by atoms with Gasteiger partial charge in [-0.1, -0.05) is 31.5 Å². The highest BCUT2D eigenvalue weighted by Gasteiger charge is 2.30. The molecule has 2 heterocycles. The van der Waals surface area contributed by atoms with Crippen LogP contribution in [0.4, 0.5) is 5.69 Å². The predicted octanol–water partition coefficient (Wildman–Crippen LogP) is 1.19. The molecule has 1 aromatic carbocycles. The molecule has 0 saturated carbocycles. The Kier molecular flexibility index (Phi) is 6.04. The number of rotatable bonds is 6. The van der Waals surface area contributed by atoms with Crippen LogP contribution in [-0.2, 0) is 20.7 Å². The van der Waals surface area contributed by atoms with Crippen LogP contribution >= 0.6 is 0 Å². The second kappa shape index (κ2) is 8.45. The number of fused-ring (bicyclic) bond motifs is 1. The first-order valence-corrected chi connectivity index (χ1v) is 9.18. The summed E-state index contributed by atoms with van der Waals surface area (Å²) in [5.41, 5.74) is 2.15. The van der Waals surface area contributed by atoms with Crippen molar-refractivity contribution in [3.05, 3.63) is 29.8 Å². The first kappa shape index (κ1) is 17.9. The Bertz CT molecular complexity index is 620. The number of morpholine rings is 1. The van der Waals surface area contributed by atoms with Crippen LogP contribution in [0.1, 0.15) is 25.3 Å². The van der Waals surface area contributed by atoms with Crippen molar-refractivity contribution in [2.45, 2.75) is 32.2 Å². The Labute approximate surface area is 149 Å². The molecule has 1 saturated heterocycles. The molecule has 0 bridgehead atoms. The van der Waals surface area contributed by atoms with Crippen LogP contribution in [0, 0.1) is 0 Å². The normalized spacial score (nSPS) is 20.4. The fourth-order valence-electron chi connectivity index (χ4n) is 3.48. The number of hydrogen-bond acceptors (Lipinski definition) is 4. The number of hydrogen-bond donors (Lipinski definition) is 1. The summed E-state index contributed by atoms with van der Waals surface area (Å²) in [5.74, 6) is -0.174. The molecule has 6 nitrogen and oxygen atoms in total. The SMILES string of the molecule is CCCCN1CCOCC1C(=O)NCC(=O)N1CCc2ccccc21. The van der Waals surface area contributed by atoms with Gasteiger partial charge in [-0.2, -0.15) is 0 Å². The number of carbonyl (C=O) groups excluding carboxylic acids is 2. The number of ether oxygens (including phenoxy) is 1. The van der Waals surface area contributed by atoms with Gasteiger partial charge in [0.2, 0.25) is 11.8 Å². The lowest BCUT2D eigenvalue weighted by Gasteiger charge is -2.34. The summed E-state index contributed by atoms with van der Waals surface area (Å²) in [6.45, 7) is 5.58. The van der Waals surface area contributed by atoms with Crippen LogP contribution in [0.15, 0.2) is 24.3 Å². The van der Waals surface area contributed by atoms with Crippen LogP contribution in [-0.4, -0.2) is 62.1 Å². The minimum absolute atomic E-state index is 0.0330. The maximum atomic E-state index is 12.5. The quantitative estimate of drug-likeness (QED) is 0.841. The zero-order valence-electron chi connectivity index (χ0n) is 14.9. The van der Waals surface area contributed by atoms with E-state index in [1.54, 1.807) is 4.90 Å². The van der Waals surface area contributed by atoms with Gasteiger partial charge in [-0.05, 0) is 31.0 Å². The summed E-state index contributed by atoms with van der Waals surface area (Å²) in [6, 6.07) is 7.64. The van der Waals surface area contributed by atoms with Crippen LogP contribution < -0.4 is 10.2 Å². The zero-order valence-corrected chi connectivity index (χ0v) is 14.9. The molecule has 136 valence electrons. The molecule has 2 aliphatic rings. The van der Waals surface area contributed by atoms with Crippen molar-refractivity contribution in [3.8, 4) is 0 Å². The van der Waals surface area contributed by atoms with Gasteiger partial charge in [-0.25, -0.2) is 0 Å². The van der Waals surface area contributed by atoms with Gasteiger partial charge in [-0.3, -0.25) is 14.5 Å². The maximum Gasteiger partial charge on any atom is 0.246 e. The molecule has 6 heteroatoms. The molecule has 3 rings (SSSR count). The average molecular weight is 345 g/mol. The lowest BCUT2D eigenvalue weighted by atomic mass is 10.2. The van der Waals surface area contributed by atoms with E-state index in [2.05, 4.69) is 17.1 Å². The Balaban J connectivity index is 1.54. The van der Waals surface area contributed by atoms with Gasteiger partial charge in [0.1, 0.15) is 6.04 Å². The van der Waals surface area contributed by atoms with E-state index in [4.69, 9.17) is 4.74 Å². The molecule has 1 N–H and O–H groups in total. The first-order chi connectivity index (χ1) is 12.2. The number of anilines is 1. The molecule has 1 atom stereocenters. The smallest absolute Gasteiger partial charge is 0.246 e. The van der Waals surface area contributed by atoms with E-state index in [0.29, 0.717) is 19.8 Å². The van der Waals surface area contributed by atoms with Crippen molar-refractivity contribution in [2.24, 2.45) is 0 Å². The molecule has 0 aliphatic carbocycles. The minimum Gasteiger partial charge on any atom is -0.378 e. The molecule has 0 radical (unpaired) electrons. The van der Waals surface area contributed by atoms with E-state index in [0.717, 1.165) is 38.0 Å². The Morgan fingerprint density at radius 3 is 2.96 bits per heavy atom. The third kappa shape index (κ3) is 4.19. The van der Waals surface area contributed by atoms with Crippen LogP contribution in [0.5, 0.6) is 0 Å². The van der Waals surface area contributed by atoms with Crippen LogP contribution in [0.2, 0.25) is 0 Å². The van der Waals surface area contributed by atoms with E-state index < -0.39 is 0 Å². The zero-order chi connectivity index (χ0) is 17.6. The summed E-state index contributed by atoms with van der Waals surface area (Å²) < 4.78 is 5.47. The molecule has 2 amide bonds. The molecule has 0 aromatic heterocycles. The highest BCUT2D eigenvalue weighted by atomic mass is 16.5. The van der Waals surface area contributed by atoms with Gasteiger partial charge >= 0.3 is 0 Å². The van der Waals surface area contributed by atoms with Gasteiger partial charge < -0.3 is 15.0 Å². The van der Waals surface area contributed by atoms with Crippen molar-refractivity contribution in [1.82, 2.24) is 10.2 Å². The number of amides is 2. The van der Waals surface area contributed by atoms with E-state index in [9.17, 15) is 9.59 Å². The van der Waals surface area contributed by atoms with Gasteiger partial charge in [-0.15, -0.1) is 0 Å². The first-order valence-electron chi connectivity index (χ1n) is 9.18. The largest absolute Gasteiger partial charge is 0.378 e. The Morgan fingerprint density at radius 1 is 1.28 bits per heavy atom. The van der Waals surface area contributed by atoms with Gasteiger partial charge in [0, 0.05) is 18.8 Å². The fraction of sp³-hybridized carbons (Fsp3) is 0.579. The second-order valence-electron chi connectivity index (χ2n) is 6.62. The van der Waals surface area contributed by atoms with Crippen molar-refractivity contribution in [2.75, 3.05) is 44.3 Å². The maximum absolute atomic E-state index is 12.5. The number of para-hydroxylation sites is 1. The van der Waals surface area contributed by atoms with Crippen molar-refractivity contribution >= 4 is 17.5 Å².